The van der Waals surface area contributed by atoms with E-state index >= 15 is 0 Å². The van der Waals surface area contributed by atoms with Crippen LogP contribution in [-0.4, -0.2) is 12.4 Å². The van der Waals surface area contributed by atoms with E-state index in [-0.39, 0.29) is 11.7 Å². The number of ketones is 1. The minimum absolute atomic E-state index is 0.157. The van der Waals surface area contributed by atoms with Gasteiger partial charge in [0.1, 0.15) is 11.5 Å². The first-order valence-corrected chi connectivity index (χ1v) is 5.44. The van der Waals surface area contributed by atoms with Crippen LogP contribution in [0.1, 0.15) is 26.7 Å². The summed E-state index contributed by atoms with van der Waals surface area (Å²) in [7, 11) is 0. The Bertz CT molecular complexity index is 293. The van der Waals surface area contributed by atoms with Gasteiger partial charge in [0.15, 0.2) is 0 Å². The van der Waals surface area contributed by atoms with Gasteiger partial charge >= 0.3 is 0 Å². The maximum atomic E-state index is 11.5. The normalized spacial score (nSPS) is 12.1. The molecular weight excluding hydrogens is 188 g/mol. The van der Waals surface area contributed by atoms with E-state index in [1.807, 2.05) is 44.2 Å². The molecule has 0 aliphatic rings. The van der Waals surface area contributed by atoms with Gasteiger partial charge in [-0.3, -0.25) is 4.79 Å². The van der Waals surface area contributed by atoms with Gasteiger partial charge in [-0.25, -0.2) is 0 Å². The second-order valence-electron chi connectivity index (χ2n) is 3.69. The minimum atomic E-state index is 0.157. The van der Waals surface area contributed by atoms with Crippen LogP contribution in [0.3, 0.4) is 0 Å². The summed E-state index contributed by atoms with van der Waals surface area (Å²) >= 11 is 0. The van der Waals surface area contributed by atoms with Gasteiger partial charge in [0.05, 0.1) is 6.61 Å². The van der Waals surface area contributed by atoms with Gasteiger partial charge in [-0.1, -0.05) is 32.0 Å². The average Bonchev–Trinajstić information content (AvgIpc) is 2.29. The molecule has 0 aliphatic heterocycles. The molecule has 0 saturated heterocycles. The first-order valence-electron chi connectivity index (χ1n) is 5.44. The number of carbonyl (C=O) groups excluding carboxylic acids is 1. The number of rotatable bonds is 6. The van der Waals surface area contributed by atoms with Crippen LogP contribution in [0.2, 0.25) is 0 Å². The van der Waals surface area contributed by atoms with Crippen molar-refractivity contribution in [2.45, 2.75) is 26.7 Å². The molecule has 0 amide bonds. The highest BCUT2D eigenvalue weighted by atomic mass is 16.5. The molecule has 0 aromatic heterocycles. The summed E-state index contributed by atoms with van der Waals surface area (Å²) in [5.74, 6) is 1.27. The monoisotopic (exact) mass is 206 g/mol. The third-order valence-corrected chi connectivity index (χ3v) is 2.52. The first-order chi connectivity index (χ1) is 7.24. The van der Waals surface area contributed by atoms with Crippen molar-refractivity contribution in [3.8, 4) is 5.75 Å². The van der Waals surface area contributed by atoms with E-state index < -0.39 is 0 Å². The summed E-state index contributed by atoms with van der Waals surface area (Å²) in [6.45, 7) is 4.47. The third kappa shape index (κ3) is 4.15. The zero-order valence-corrected chi connectivity index (χ0v) is 9.40. The third-order valence-electron chi connectivity index (χ3n) is 2.52. The van der Waals surface area contributed by atoms with Crippen LogP contribution < -0.4 is 4.74 Å². The Balaban J connectivity index is 2.25. The van der Waals surface area contributed by atoms with E-state index in [4.69, 9.17) is 4.74 Å². The smallest absolute Gasteiger partial charge is 0.139 e. The highest BCUT2D eigenvalue weighted by molar-refractivity contribution is 5.80. The highest BCUT2D eigenvalue weighted by Gasteiger charge is 2.09. The highest BCUT2D eigenvalue weighted by Crippen LogP contribution is 2.10. The van der Waals surface area contributed by atoms with Crippen molar-refractivity contribution in [2.24, 2.45) is 5.92 Å². The number of hydrogen-bond donors (Lipinski definition) is 0. The lowest BCUT2D eigenvalue weighted by Crippen LogP contribution is -2.13. The molecule has 0 bridgehead atoms. The molecule has 0 saturated carbocycles. The minimum Gasteiger partial charge on any atom is -0.493 e. The topological polar surface area (TPSA) is 26.3 Å². The van der Waals surface area contributed by atoms with Crippen molar-refractivity contribution in [1.82, 2.24) is 0 Å². The van der Waals surface area contributed by atoms with E-state index in [1.165, 1.54) is 0 Å². The molecule has 1 aromatic carbocycles. The summed E-state index contributed by atoms with van der Waals surface area (Å²) in [5.41, 5.74) is 0. The Hall–Kier alpha value is -1.31. The van der Waals surface area contributed by atoms with Gasteiger partial charge < -0.3 is 4.74 Å². The predicted octanol–water partition coefficient (Wildman–Crippen LogP) is 3.07. The summed E-state index contributed by atoms with van der Waals surface area (Å²) in [6.07, 6.45) is 1.41. The van der Waals surface area contributed by atoms with Gasteiger partial charge in [-0.15, -0.1) is 0 Å². The molecule has 0 N–H and O–H groups in total. The van der Waals surface area contributed by atoms with Gasteiger partial charge in [-0.2, -0.15) is 0 Å². The molecule has 2 heteroatoms. The molecule has 0 heterocycles. The second kappa shape index (κ2) is 6.23. The van der Waals surface area contributed by atoms with Crippen LogP contribution in [0.25, 0.3) is 0 Å². The predicted molar refractivity (Wildman–Crippen MR) is 61.0 cm³/mol. The van der Waals surface area contributed by atoms with Crippen molar-refractivity contribution in [3.05, 3.63) is 30.3 Å². The molecule has 0 radical (unpaired) electrons. The molecule has 82 valence electrons. The zero-order valence-electron chi connectivity index (χ0n) is 9.40. The lowest BCUT2D eigenvalue weighted by Gasteiger charge is -2.08. The number of ether oxygens (including phenoxy) is 1. The van der Waals surface area contributed by atoms with Crippen molar-refractivity contribution < 1.29 is 9.53 Å². The first kappa shape index (κ1) is 11.8. The number of Topliss-reactive ketones (excluding diaryl/α,β-unsaturated/α-hetero) is 1. The van der Waals surface area contributed by atoms with Gasteiger partial charge in [0.2, 0.25) is 0 Å². The molecular formula is C13H18O2. The van der Waals surface area contributed by atoms with Gasteiger partial charge in [-0.05, 0) is 18.6 Å². The SMILES string of the molecule is CCC(C)C(=O)CCOc1ccccc1. The summed E-state index contributed by atoms with van der Waals surface area (Å²) < 4.78 is 5.45. The lowest BCUT2D eigenvalue weighted by molar-refractivity contribution is -0.122. The number of para-hydroxylation sites is 1. The van der Waals surface area contributed by atoms with E-state index in [0.717, 1.165) is 12.2 Å². The maximum absolute atomic E-state index is 11.5. The lowest BCUT2D eigenvalue weighted by atomic mass is 10.0. The molecule has 0 spiro atoms. The molecule has 1 rings (SSSR count). The Morgan fingerprint density at radius 1 is 1.33 bits per heavy atom. The fourth-order valence-corrected chi connectivity index (χ4v) is 1.26. The Morgan fingerprint density at radius 3 is 2.60 bits per heavy atom. The summed E-state index contributed by atoms with van der Waals surface area (Å²) in [6, 6.07) is 9.58. The summed E-state index contributed by atoms with van der Waals surface area (Å²) in [5, 5.41) is 0. The van der Waals surface area contributed by atoms with Crippen molar-refractivity contribution >= 4 is 5.78 Å². The molecule has 2 nitrogen and oxygen atoms in total. The van der Waals surface area contributed by atoms with Crippen LogP contribution in [-0.2, 0) is 4.79 Å². The van der Waals surface area contributed by atoms with Crippen molar-refractivity contribution in [3.63, 3.8) is 0 Å². The molecule has 0 fully saturated rings. The fourth-order valence-electron chi connectivity index (χ4n) is 1.26. The molecule has 1 aromatic rings. The van der Waals surface area contributed by atoms with Crippen LogP contribution in [0, 0.1) is 5.92 Å². The molecule has 1 atom stereocenters. The van der Waals surface area contributed by atoms with Crippen LogP contribution >= 0.6 is 0 Å². The Labute approximate surface area is 91.3 Å². The van der Waals surface area contributed by atoms with Crippen molar-refractivity contribution in [2.75, 3.05) is 6.61 Å². The largest absolute Gasteiger partial charge is 0.493 e. The number of carbonyl (C=O) groups is 1. The Morgan fingerprint density at radius 2 is 2.00 bits per heavy atom. The fraction of sp³-hybridized carbons (Fsp3) is 0.462. The second-order valence-corrected chi connectivity index (χ2v) is 3.69. The van der Waals surface area contributed by atoms with Crippen LogP contribution in [0.15, 0.2) is 30.3 Å². The van der Waals surface area contributed by atoms with E-state index in [1.54, 1.807) is 0 Å². The van der Waals surface area contributed by atoms with E-state index in [0.29, 0.717) is 13.0 Å². The van der Waals surface area contributed by atoms with Gasteiger partial charge in [0.25, 0.3) is 0 Å². The maximum Gasteiger partial charge on any atom is 0.139 e. The van der Waals surface area contributed by atoms with Crippen LogP contribution in [0.5, 0.6) is 5.75 Å². The number of hydrogen-bond acceptors (Lipinski definition) is 2. The standard InChI is InChI=1S/C13H18O2/c1-3-11(2)13(14)9-10-15-12-7-5-4-6-8-12/h4-8,11H,3,9-10H2,1-2H3. The quantitative estimate of drug-likeness (QED) is 0.715. The summed E-state index contributed by atoms with van der Waals surface area (Å²) in [4.78, 5) is 11.5. The van der Waals surface area contributed by atoms with Gasteiger partial charge in [0, 0.05) is 12.3 Å². The molecule has 15 heavy (non-hydrogen) atoms. The Kier molecular flexibility index (Phi) is 4.88. The van der Waals surface area contributed by atoms with E-state index in [9.17, 15) is 4.79 Å². The average molecular weight is 206 g/mol. The van der Waals surface area contributed by atoms with Crippen molar-refractivity contribution in [1.29, 1.82) is 0 Å². The van der Waals surface area contributed by atoms with E-state index in [2.05, 4.69) is 0 Å². The molecule has 1 unspecified atom stereocenters. The zero-order chi connectivity index (χ0) is 11.1. The molecule has 0 aliphatic carbocycles. The number of benzene rings is 1. The van der Waals surface area contributed by atoms with Crippen LogP contribution in [0.4, 0.5) is 0 Å².